The third-order valence-electron chi connectivity index (χ3n) is 4.31. The van der Waals surface area contributed by atoms with Gasteiger partial charge in [0.2, 0.25) is 5.91 Å². The van der Waals surface area contributed by atoms with Gasteiger partial charge in [-0.1, -0.05) is 31.4 Å². The van der Waals surface area contributed by atoms with Crippen molar-refractivity contribution in [2.45, 2.75) is 51.6 Å². The van der Waals surface area contributed by atoms with Crippen LogP contribution in [0.5, 0.6) is 0 Å². The first-order valence-electron chi connectivity index (χ1n) is 8.00. The van der Waals surface area contributed by atoms with Gasteiger partial charge in [-0.25, -0.2) is 0 Å². The number of nitrogens with one attached hydrogen (secondary N) is 2. The maximum absolute atomic E-state index is 11.0. The van der Waals surface area contributed by atoms with E-state index in [0.29, 0.717) is 6.54 Å². The highest BCUT2D eigenvalue weighted by atomic mass is 16.1. The van der Waals surface area contributed by atoms with E-state index in [9.17, 15) is 4.79 Å². The van der Waals surface area contributed by atoms with E-state index in [-0.39, 0.29) is 11.9 Å². The van der Waals surface area contributed by atoms with Gasteiger partial charge in [0.05, 0.1) is 6.04 Å². The smallest absolute Gasteiger partial charge is 0.234 e. The summed E-state index contributed by atoms with van der Waals surface area (Å²) in [5.74, 6) is 0.511. The molecule has 4 nitrogen and oxygen atoms in total. The van der Waals surface area contributed by atoms with Crippen molar-refractivity contribution < 1.29 is 4.79 Å². The molecular weight excluding hydrogens is 262 g/mol. The summed E-state index contributed by atoms with van der Waals surface area (Å²) in [5.41, 5.74) is 7.56. The summed E-state index contributed by atoms with van der Waals surface area (Å²) in [4.78, 5) is 11.0. The minimum Gasteiger partial charge on any atom is -0.385 e. The molecule has 2 rings (SSSR count). The van der Waals surface area contributed by atoms with Crippen LogP contribution >= 0.6 is 0 Å². The maximum atomic E-state index is 11.0. The van der Waals surface area contributed by atoms with E-state index >= 15 is 0 Å². The number of anilines is 1. The van der Waals surface area contributed by atoms with Gasteiger partial charge in [-0.2, -0.15) is 0 Å². The molecule has 1 aromatic rings. The van der Waals surface area contributed by atoms with Crippen molar-refractivity contribution in [1.29, 1.82) is 0 Å². The van der Waals surface area contributed by atoms with Crippen molar-refractivity contribution in [3.05, 3.63) is 29.8 Å². The molecule has 21 heavy (non-hydrogen) atoms. The third kappa shape index (κ3) is 5.38. The molecule has 1 amide bonds. The second kappa shape index (κ2) is 8.03. The first-order chi connectivity index (χ1) is 10.1. The summed E-state index contributed by atoms with van der Waals surface area (Å²) in [6.45, 7) is 3.52. The van der Waals surface area contributed by atoms with Gasteiger partial charge in [-0.3, -0.25) is 4.79 Å². The Morgan fingerprint density at radius 1 is 1.24 bits per heavy atom. The molecule has 1 fully saturated rings. The van der Waals surface area contributed by atoms with Crippen LogP contribution < -0.4 is 16.4 Å². The van der Waals surface area contributed by atoms with Crippen LogP contribution in [0.1, 0.15) is 44.6 Å². The van der Waals surface area contributed by atoms with Crippen molar-refractivity contribution in [1.82, 2.24) is 5.32 Å². The van der Waals surface area contributed by atoms with Crippen LogP contribution in [0.15, 0.2) is 24.3 Å². The molecule has 0 unspecified atom stereocenters. The van der Waals surface area contributed by atoms with Gasteiger partial charge in [0.25, 0.3) is 0 Å². The second-order valence-electron chi connectivity index (χ2n) is 6.09. The lowest BCUT2D eigenvalue weighted by Crippen LogP contribution is -2.38. The van der Waals surface area contributed by atoms with Gasteiger partial charge >= 0.3 is 0 Å². The average molecular weight is 289 g/mol. The van der Waals surface area contributed by atoms with Gasteiger partial charge in [0.1, 0.15) is 0 Å². The Bertz CT molecular complexity index is 438. The molecule has 1 saturated carbocycles. The van der Waals surface area contributed by atoms with E-state index in [0.717, 1.165) is 18.0 Å². The van der Waals surface area contributed by atoms with Crippen molar-refractivity contribution in [2.75, 3.05) is 11.9 Å². The van der Waals surface area contributed by atoms with Crippen LogP contribution in [0.4, 0.5) is 5.69 Å². The molecule has 1 aliphatic rings. The Labute approximate surface area is 127 Å². The zero-order valence-electron chi connectivity index (χ0n) is 12.9. The van der Waals surface area contributed by atoms with Crippen LogP contribution in [0, 0.1) is 5.92 Å². The number of hydrogen-bond donors (Lipinski definition) is 3. The summed E-state index contributed by atoms with van der Waals surface area (Å²) < 4.78 is 0. The number of nitrogens with two attached hydrogens (primary N) is 1. The lowest BCUT2D eigenvalue weighted by atomic mass is 9.89. The summed E-state index contributed by atoms with van der Waals surface area (Å²) in [6.07, 6.45) is 6.89. The summed E-state index contributed by atoms with van der Waals surface area (Å²) >= 11 is 0. The Kier molecular flexibility index (Phi) is 6.05. The van der Waals surface area contributed by atoms with Crippen LogP contribution in [-0.2, 0) is 11.3 Å². The van der Waals surface area contributed by atoms with Crippen LogP contribution in [0.3, 0.4) is 0 Å². The molecule has 0 aliphatic heterocycles. The zero-order chi connectivity index (χ0) is 15.1. The lowest BCUT2D eigenvalue weighted by molar-refractivity contribution is -0.119. The minimum absolute atomic E-state index is 0.297. The normalized spacial score (nSPS) is 17.4. The summed E-state index contributed by atoms with van der Waals surface area (Å²) in [6, 6.07) is 8.09. The first-order valence-corrected chi connectivity index (χ1v) is 8.00. The van der Waals surface area contributed by atoms with E-state index in [1.54, 1.807) is 6.92 Å². The molecule has 0 spiro atoms. The molecule has 4 heteroatoms. The average Bonchev–Trinajstić information content (AvgIpc) is 2.52. The van der Waals surface area contributed by atoms with Gasteiger partial charge in [-0.05, 0) is 43.4 Å². The fourth-order valence-electron chi connectivity index (χ4n) is 2.77. The quantitative estimate of drug-likeness (QED) is 0.723. The van der Waals surface area contributed by atoms with Crippen LogP contribution in [0.25, 0.3) is 0 Å². The van der Waals surface area contributed by atoms with Crippen molar-refractivity contribution in [3.8, 4) is 0 Å². The summed E-state index contributed by atoms with van der Waals surface area (Å²) in [5, 5.41) is 6.64. The first kappa shape index (κ1) is 15.8. The van der Waals surface area contributed by atoms with E-state index in [2.05, 4.69) is 34.9 Å². The maximum Gasteiger partial charge on any atom is 0.234 e. The van der Waals surface area contributed by atoms with Crippen LogP contribution in [0.2, 0.25) is 0 Å². The third-order valence-corrected chi connectivity index (χ3v) is 4.31. The fourth-order valence-corrected chi connectivity index (χ4v) is 2.77. The highest BCUT2D eigenvalue weighted by molar-refractivity contribution is 5.79. The number of rotatable bonds is 7. The summed E-state index contributed by atoms with van der Waals surface area (Å²) in [7, 11) is 0. The predicted molar refractivity (Wildman–Crippen MR) is 87.0 cm³/mol. The van der Waals surface area contributed by atoms with E-state index in [1.165, 1.54) is 37.8 Å². The molecule has 0 saturated heterocycles. The Morgan fingerprint density at radius 3 is 2.52 bits per heavy atom. The van der Waals surface area contributed by atoms with Gasteiger partial charge in [0, 0.05) is 18.8 Å². The van der Waals surface area contributed by atoms with Crippen molar-refractivity contribution in [2.24, 2.45) is 11.7 Å². The number of amides is 1. The van der Waals surface area contributed by atoms with Gasteiger partial charge < -0.3 is 16.4 Å². The number of hydrogen-bond acceptors (Lipinski definition) is 3. The standard InChI is InChI=1S/C17H27N3O/c1-13(17(18)21)19-11-15-7-9-16(10-8-15)20-12-14-5-3-2-4-6-14/h7-10,13-14,19-20H,2-6,11-12H2,1H3,(H2,18,21)/t13-/m0/s1. The largest absolute Gasteiger partial charge is 0.385 e. The molecule has 1 aliphatic carbocycles. The molecule has 0 radical (unpaired) electrons. The van der Waals surface area contributed by atoms with E-state index in [4.69, 9.17) is 5.73 Å². The Balaban J connectivity index is 1.74. The monoisotopic (exact) mass is 289 g/mol. The Hall–Kier alpha value is -1.55. The number of carbonyl (C=O) groups is 1. The van der Waals surface area contributed by atoms with Crippen LogP contribution in [-0.4, -0.2) is 18.5 Å². The molecule has 0 bridgehead atoms. The number of primary amides is 1. The van der Waals surface area contributed by atoms with Crippen molar-refractivity contribution in [3.63, 3.8) is 0 Å². The molecule has 0 aromatic heterocycles. The lowest BCUT2D eigenvalue weighted by Gasteiger charge is -2.22. The van der Waals surface area contributed by atoms with E-state index in [1.807, 2.05) is 0 Å². The molecule has 1 atom stereocenters. The van der Waals surface area contributed by atoms with E-state index < -0.39 is 0 Å². The highest BCUT2D eigenvalue weighted by Gasteiger charge is 2.12. The van der Waals surface area contributed by atoms with Crippen molar-refractivity contribution >= 4 is 11.6 Å². The molecular formula is C17H27N3O. The van der Waals surface area contributed by atoms with Gasteiger partial charge in [0.15, 0.2) is 0 Å². The Morgan fingerprint density at radius 2 is 1.90 bits per heavy atom. The molecule has 4 N–H and O–H groups in total. The topological polar surface area (TPSA) is 67.2 Å². The minimum atomic E-state index is -0.319. The predicted octanol–water partition coefficient (Wildman–Crippen LogP) is 2.64. The second-order valence-corrected chi connectivity index (χ2v) is 6.09. The number of benzene rings is 1. The highest BCUT2D eigenvalue weighted by Crippen LogP contribution is 2.24. The fraction of sp³-hybridized carbons (Fsp3) is 0.588. The number of carbonyl (C=O) groups excluding carboxylic acids is 1. The molecule has 0 heterocycles. The van der Waals surface area contributed by atoms with Gasteiger partial charge in [-0.15, -0.1) is 0 Å². The molecule has 1 aromatic carbocycles. The SMILES string of the molecule is C[C@H](NCc1ccc(NCC2CCCCC2)cc1)C(N)=O. The zero-order valence-corrected chi connectivity index (χ0v) is 12.9. The molecule has 116 valence electrons.